The lowest BCUT2D eigenvalue weighted by atomic mass is 9.80. The van der Waals surface area contributed by atoms with Gasteiger partial charge in [-0.05, 0) is 44.6 Å². The summed E-state index contributed by atoms with van der Waals surface area (Å²) in [4.78, 5) is 2.76. The highest BCUT2D eigenvalue weighted by molar-refractivity contribution is 4.88. The maximum absolute atomic E-state index is 3.43. The van der Waals surface area contributed by atoms with Gasteiger partial charge in [0.2, 0.25) is 0 Å². The summed E-state index contributed by atoms with van der Waals surface area (Å²) in [5.74, 6) is 1.88. The average molecular weight is 238 g/mol. The zero-order chi connectivity index (χ0) is 12.3. The van der Waals surface area contributed by atoms with Gasteiger partial charge in [-0.25, -0.2) is 0 Å². The van der Waals surface area contributed by atoms with Gasteiger partial charge in [0.1, 0.15) is 0 Å². The molecule has 0 aromatic carbocycles. The summed E-state index contributed by atoms with van der Waals surface area (Å²) in [6, 6.07) is 1.64. The Bertz CT molecular complexity index is 227. The van der Waals surface area contributed by atoms with Gasteiger partial charge in [-0.1, -0.05) is 26.7 Å². The summed E-state index contributed by atoms with van der Waals surface area (Å²) in [6.07, 6.45) is 8.65. The van der Waals surface area contributed by atoms with Crippen molar-refractivity contribution >= 4 is 0 Å². The summed E-state index contributed by atoms with van der Waals surface area (Å²) in [7, 11) is 2.11. The third-order valence-corrected chi connectivity index (χ3v) is 4.70. The molecule has 3 unspecified atom stereocenters. The zero-order valence-electron chi connectivity index (χ0n) is 11.9. The number of hydrogen-bond acceptors (Lipinski definition) is 2. The summed E-state index contributed by atoms with van der Waals surface area (Å²) in [5.41, 5.74) is 0. The fourth-order valence-electron chi connectivity index (χ4n) is 3.83. The van der Waals surface area contributed by atoms with E-state index in [1.807, 2.05) is 0 Å². The topological polar surface area (TPSA) is 15.3 Å². The number of rotatable bonds is 4. The van der Waals surface area contributed by atoms with Gasteiger partial charge in [-0.3, -0.25) is 4.90 Å². The molecule has 3 atom stereocenters. The Morgan fingerprint density at radius 2 is 2.06 bits per heavy atom. The van der Waals surface area contributed by atoms with Crippen molar-refractivity contribution in [3.05, 3.63) is 0 Å². The van der Waals surface area contributed by atoms with Gasteiger partial charge in [0.15, 0.2) is 0 Å². The molecule has 2 fully saturated rings. The molecule has 17 heavy (non-hydrogen) atoms. The fourth-order valence-corrected chi connectivity index (χ4v) is 3.83. The van der Waals surface area contributed by atoms with Crippen molar-refractivity contribution in [2.75, 3.05) is 20.1 Å². The molecule has 2 heteroatoms. The normalized spacial score (nSPS) is 35.6. The van der Waals surface area contributed by atoms with E-state index in [0.29, 0.717) is 0 Å². The minimum atomic E-state index is 0.750. The molecular formula is C15H30N2. The highest BCUT2D eigenvalue weighted by atomic mass is 15.2. The van der Waals surface area contributed by atoms with Crippen LogP contribution in [0, 0.1) is 11.8 Å². The standard InChI is InChI=1S/C15H30N2/c1-12(2)9-13-5-4-6-15(10-13)17-8-7-14(11-17)16-3/h12-16H,4-11H2,1-3H3. The molecule has 0 spiro atoms. The van der Waals surface area contributed by atoms with Crippen LogP contribution in [0.2, 0.25) is 0 Å². The van der Waals surface area contributed by atoms with E-state index in [0.717, 1.165) is 23.9 Å². The summed E-state index contributed by atoms with van der Waals surface area (Å²) < 4.78 is 0. The molecular weight excluding hydrogens is 208 g/mol. The lowest BCUT2D eigenvalue weighted by molar-refractivity contribution is 0.144. The number of likely N-dealkylation sites (tertiary alicyclic amines) is 1. The van der Waals surface area contributed by atoms with Crippen LogP contribution in [0.15, 0.2) is 0 Å². The Morgan fingerprint density at radius 3 is 2.71 bits per heavy atom. The van der Waals surface area contributed by atoms with Crippen LogP contribution >= 0.6 is 0 Å². The molecule has 0 aromatic rings. The van der Waals surface area contributed by atoms with E-state index >= 15 is 0 Å². The van der Waals surface area contributed by atoms with Crippen molar-refractivity contribution in [3.63, 3.8) is 0 Å². The van der Waals surface area contributed by atoms with Gasteiger partial charge >= 0.3 is 0 Å². The summed E-state index contributed by atoms with van der Waals surface area (Å²) in [6.45, 7) is 7.35. The second kappa shape index (κ2) is 6.19. The molecule has 0 bridgehead atoms. The predicted octanol–water partition coefficient (Wildman–Crippen LogP) is 2.89. The van der Waals surface area contributed by atoms with E-state index in [9.17, 15) is 0 Å². The van der Waals surface area contributed by atoms with Crippen molar-refractivity contribution in [2.45, 2.75) is 64.5 Å². The summed E-state index contributed by atoms with van der Waals surface area (Å²) >= 11 is 0. The molecule has 0 radical (unpaired) electrons. The van der Waals surface area contributed by atoms with Gasteiger partial charge in [-0.2, -0.15) is 0 Å². The minimum absolute atomic E-state index is 0.750. The van der Waals surface area contributed by atoms with Gasteiger partial charge in [0.25, 0.3) is 0 Å². The largest absolute Gasteiger partial charge is 0.316 e. The molecule has 0 amide bonds. The van der Waals surface area contributed by atoms with Crippen molar-refractivity contribution in [1.82, 2.24) is 10.2 Å². The Hall–Kier alpha value is -0.0800. The van der Waals surface area contributed by atoms with Crippen LogP contribution in [0.25, 0.3) is 0 Å². The lowest BCUT2D eigenvalue weighted by Crippen LogP contribution is -2.39. The zero-order valence-corrected chi connectivity index (χ0v) is 11.9. The number of likely N-dealkylation sites (N-methyl/N-ethyl adjacent to an activating group) is 1. The number of hydrogen-bond donors (Lipinski definition) is 1. The third kappa shape index (κ3) is 3.69. The Morgan fingerprint density at radius 1 is 1.24 bits per heavy atom. The number of nitrogens with one attached hydrogen (secondary N) is 1. The molecule has 2 rings (SSSR count). The van der Waals surface area contributed by atoms with Crippen molar-refractivity contribution in [1.29, 1.82) is 0 Å². The van der Waals surface area contributed by atoms with Gasteiger partial charge in [-0.15, -0.1) is 0 Å². The van der Waals surface area contributed by atoms with Crippen molar-refractivity contribution in [3.8, 4) is 0 Å². The predicted molar refractivity (Wildman–Crippen MR) is 74.2 cm³/mol. The third-order valence-electron chi connectivity index (χ3n) is 4.70. The molecule has 0 aromatic heterocycles. The first-order valence-corrected chi connectivity index (χ1v) is 7.60. The molecule has 1 aliphatic heterocycles. The van der Waals surface area contributed by atoms with Crippen LogP contribution in [0.3, 0.4) is 0 Å². The number of nitrogens with zero attached hydrogens (tertiary/aromatic N) is 1. The molecule has 1 aliphatic carbocycles. The highest BCUT2D eigenvalue weighted by Gasteiger charge is 2.31. The van der Waals surface area contributed by atoms with Gasteiger partial charge in [0, 0.05) is 25.2 Å². The van der Waals surface area contributed by atoms with E-state index in [-0.39, 0.29) is 0 Å². The lowest BCUT2D eigenvalue weighted by Gasteiger charge is -2.36. The van der Waals surface area contributed by atoms with Gasteiger partial charge in [0.05, 0.1) is 0 Å². The highest BCUT2D eigenvalue weighted by Crippen LogP contribution is 2.33. The molecule has 1 saturated carbocycles. The maximum atomic E-state index is 3.43. The Labute approximate surface area is 107 Å². The molecule has 1 heterocycles. The van der Waals surface area contributed by atoms with E-state index in [2.05, 4.69) is 31.1 Å². The second-order valence-corrected chi connectivity index (χ2v) is 6.59. The van der Waals surface area contributed by atoms with E-state index in [1.165, 1.54) is 51.6 Å². The second-order valence-electron chi connectivity index (χ2n) is 6.59. The fraction of sp³-hybridized carbons (Fsp3) is 1.00. The van der Waals surface area contributed by atoms with Crippen molar-refractivity contribution in [2.24, 2.45) is 11.8 Å². The maximum Gasteiger partial charge on any atom is 0.0204 e. The van der Waals surface area contributed by atoms with E-state index in [1.54, 1.807) is 0 Å². The van der Waals surface area contributed by atoms with Crippen LogP contribution in [-0.2, 0) is 0 Å². The Balaban J connectivity index is 1.81. The quantitative estimate of drug-likeness (QED) is 0.810. The molecule has 2 nitrogen and oxygen atoms in total. The monoisotopic (exact) mass is 238 g/mol. The van der Waals surface area contributed by atoms with Crippen LogP contribution in [0.5, 0.6) is 0 Å². The molecule has 100 valence electrons. The molecule has 1 N–H and O–H groups in total. The van der Waals surface area contributed by atoms with Crippen LogP contribution in [0.1, 0.15) is 52.4 Å². The summed E-state index contributed by atoms with van der Waals surface area (Å²) in [5, 5.41) is 3.43. The SMILES string of the molecule is CNC1CCN(C2CCCC(CC(C)C)C2)C1. The van der Waals surface area contributed by atoms with Crippen LogP contribution < -0.4 is 5.32 Å². The molecule has 1 saturated heterocycles. The first-order chi connectivity index (χ1) is 8.19. The van der Waals surface area contributed by atoms with E-state index < -0.39 is 0 Å². The first kappa shape index (κ1) is 13.4. The average Bonchev–Trinajstić information content (AvgIpc) is 2.77. The Kier molecular flexibility index (Phi) is 4.87. The molecule has 2 aliphatic rings. The van der Waals surface area contributed by atoms with E-state index in [4.69, 9.17) is 0 Å². The van der Waals surface area contributed by atoms with Gasteiger partial charge < -0.3 is 5.32 Å². The first-order valence-electron chi connectivity index (χ1n) is 7.60. The van der Waals surface area contributed by atoms with Crippen LogP contribution in [-0.4, -0.2) is 37.1 Å². The minimum Gasteiger partial charge on any atom is -0.316 e. The van der Waals surface area contributed by atoms with Crippen molar-refractivity contribution < 1.29 is 0 Å². The van der Waals surface area contributed by atoms with Crippen LogP contribution in [0.4, 0.5) is 0 Å². The smallest absolute Gasteiger partial charge is 0.0204 e.